The molecule has 0 saturated carbocycles. The second kappa shape index (κ2) is 9.71. The van der Waals surface area contributed by atoms with Gasteiger partial charge >= 0.3 is 5.97 Å². The van der Waals surface area contributed by atoms with Gasteiger partial charge in [-0.3, -0.25) is 14.5 Å². The number of aliphatic hydroxyl groups is 1. The van der Waals surface area contributed by atoms with Crippen molar-refractivity contribution in [2.45, 2.75) is 50.3 Å². The summed E-state index contributed by atoms with van der Waals surface area (Å²) in [5.74, 6) is -6.15. The predicted molar refractivity (Wildman–Crippen MR) is 125 cm³/mol. The molecule has 0 bridgehead atoms. The van der Waals surface area contributed by atoms with Crippen molar-refractivity contribution >= 4 is 29.5 Å². The van der Waals surface area contributed by atoms with E-state index in [2.05, 4.69) is 0 Å². The molecule has 1 aromatic rings. The Kier molecular flexibility index (Phi) is 7.15. The molecule has 2 N–H and O–H groups in total. The van der Waals surface area contributed by atoms with E-state index in [-0.39, 0.29) is 47.8 Å². The Morgan fingerprint density at radius 2 is 1.83 bits per heavy atom. The lowest BCUT2D eigenvalue weighted by Gasteiger charge is -2.46. The lowest BCUT2D eigenvalue weighted by Crippen LogP contribution is -2.63. The topological polar surface area (TPSA) is 101 Å². The first-order chi connectivity index (χ1) is 16.8. The van der Waals surface area contributed by atoms with E-state index in [1.807, 2.05) is 0 Å². The summed E-state index contributed by atoms with van der Waals surface area (Å²) in [5.41, 5.74) is -0.475. The standard InChI is InChI=1S/C24H28F3N3O5S/c1-10-19-18(11(2)31)23(33)30(19)20(24(34)35)21(10)36-13-7-17(22(32)28(3)4)29(8-13)9-14-15(26)5-12(25)6-16(14)27/h5-6,10-11,13,17-19,31H,7-9H2,1-4H3,(H,34,35)/t10-,11-,13+,17+,18-,19-/m1/s1. The number of amides is 2. The van der Waals surface area contributed by atoms with Crippen LogP contribution >= 0.6 is 11.8 Å². The van der Waals surface area contributed by atoms with Gasteiger partial charge in [0.25, 0.3) is 0 Å². The molecule has 0 unspecified atom stereocenters. The van der Waals surface area contributed by atoms with Gasteiger partial charge in [0.15, 0.2) is 0 Å². The minimum Gasteiger partial charge on any atom is -0.477 e. The van der Waals surface area contributed by atoms with Gasteiger partial charge in [-0.15, -0.1) is 11.8 Å². The highest BCUT2D eigenvalue weighted by molar-refractivity contribution is 8.03. The summed E-state index contributed by atoms with van der Waals surface area (Å²) in [5, 5.41) is 19.6. The first kappa shape index (κ1) is 26.5. The summed E-state index contributed by atoms with van der Waals surface area (Å²) >= 11 is 1.24. The third kappa shape index (κ3) is 4.39. The number of likely N-dealkylation sites (N-methyl/N-ethyl adjacent to an activating group) is 1. The van der Waals surface area contributed by atoms with E-state index < -0.39 is 53.4 Å². The summed E-state index contributed by atoms with van der Waals surface area (Å²) in [4.78, 5) is 42.3. The fourth-order valence-electron chi connectivity index (χ4n) is 5.46. The second-order valence-electron chi connectivity index (χ2n) is 9.77. The van der Waals surface area contributed by atoms with Gasteiger partial charge in [-0.2, -0.15) is 0 Å². The van der Waals surface area contributed by atoms with Crippen LogP contribution in [-0.4, -0.2) is 86.8 Å². The summed E-state index contributed by atoms with van der Waals surface area (Å²) in [6.07, 6.45) is -0.640. The van der Waals surface area contributed by atoms with Gasteiger partial charge in [-0.25, -0.2) is 18.0 Å². The summed E-state index contributed by atoms with van der Waals surface area (Å²) < 4.78 is 42.1. The monoisotopic (exact) mass is 527 g/mol. The third-order valence-electron chi connectivity index (χ3n) is 7.16. The molecule has 2 saturated heterocycles. The smallest absolute Gasteiger partial charge is 0.353 e. The number of rotatable bonds is 7. The number of hydrogen-bond donors (Lipinski definition) is 2. The molecule has 8 nitrogen and oxygen atoms in total. The number of fused-ring (bicyclic) bond motifs is 1. The summed E-state index contributed by atoms with van der Waals surface area (Å²) in [6.45, 7) is 3.25. The number of hydrogen-bond acceptors (Lipinski definition) is 6. The molecule has 0 radical (unpaired) electrons. The first-order valence-corrected chi connectivity index (χ1v) is 12.4. The predicted octanol–water partition coefficient (Wildman–Crippen LogP) is 2.02. The number of benzene rings is 1. The van der Waals surface area contributed by atoms with E-state index in [4.69, 9.17) is 0 Å². The number of thioether (sulfide) groups is 1. The number of carbonyl (C=O) groups excluding carboxylic acids is 2. The lowest BCUT2D eigenvalue weighted by molar-refractivity contribution is -0.163. The molecule has 3 aliphatic rings. The normalized spacial score (nSPS) is 28.8. The summed E-state index contributed by atoms with van der Waals surface area (Å²) in [6, 6.07) is -0.0120. The van der Waals surface area contributed by atoms with Crippen molar-refractivity contribution < 1.29 is 37.8 Å². The molecular weight excluding hydrogens is 499 g/mol. The second-order valence-corrected chi connectivity index (χ2v) is 11.1. The molecule has 0 spiro atoms. The largest absolute Gasteiger partial charge is 0.477 e. The maximum atomic E-state index is 14.4. The van der Waals surface area contributed by atoms with Crippen LogP contribution in [0.5, 0.6) is 0 Å². The number of aliphatic hydroxyl groups excluding tert-OH is 1. The number of carbonyl (C=O) groups is 3. The highest BCUT2D eigenvalue weighted by Gasteiger charge is 2.60. The number of nitrogens with zero attached hydrogens (tertiary/aromatic N) is 3. The minimum atomic E-state index is -1.25. The number of carboxylic acids is 1. The maximum absolute atomic E-state index is 14.4. The van der Waals surface area contributed by atoms with E-state index in [1.54, 1.807) is 25.9 Å². The van der Waals surface area contributed by atoms with Gasteiger partial charge in [-0.05, 0) is 13.3 Å². The molecule has 12 heteroatoms. The number of β-lactam (4-membered cyclic amide) rings is 1. The molecule has 2 amide bonds. The van der Waals surface area contributed by atoms with Crippen LogP contribution < -0.4 is 0 Å². The highest BCUT2D eigenvalue weighted by Crippen LogP contribution is 2.52. The van der Waals surface area contributed by atoms with Crippen molar-refractivity contribution in [3.63, 3.8) is 0 Å². The quantitative estimate of drug-likeness (QED) is 0.524. The molecule has 3 aliphatic heterocycles. The van der Waals surface area contributed by atoms with Crippen molar-refractivity contribution in [2.75, 3.05) is 20.6 Å². The van der Waals surface area contributed by atoms with Gasteiger partial charge in [0.2, 0.25) is 11.8 Å². The molecule has 3 heterocycles. The van der Waals surface area contributed by atoms with Gasteiger partial charge in [0.1, 0.15) is 23.1 Å². The van der Waals surface area contributed by atoms with E-state index in [1.165, 1.54) is 28.5 Å². The zero-order chi connectivity index (χ0) is 26.6. The van der Waals surface area contributed by atoms with Crippen LogP contribution in [0.4, 0.5) is 13.2 Å². The Balaban J connectivity index is 1.61. The van der Waals surface area contributed by atoms with Crippen molar-refractivity contribution in [1.82, 2.24) is 14.7 Å². The highest BCUT2D eigenvalue weighted by atomic mass is 32.2. The Bertz CT molecular complexity index is 1120. The lowest BCUT2D eigenvalue weighted by atomic mass is 9.79. The Morgan fingerprint density at radius 3 is 2.36 bits per heavy atom. The van der Waals surface area contributed by atoms with Crippen molar-refractivity contribution in [3.8, 4) is 0 Å². The van der Waals surface area contributed by atoms with Crippen LogP contribution in [0, 0.1) is 29.3 Å². The van der Waals surface area contributed by atoms with Gasteiger partial charge in [0.05, 0.1) is 24.1 Å². The minimum absolute atomic E-state index is 0.121. The van der Waals surface area contributed by atoms with Crippen LogP contribution in [0.1, 0.15) is 25.8 Å². The van der Waals surface area contributed by atoms with E-state index >= 15 is 0 Å². The zero-order valence-electron chi connectivity index (χ0n) is 20.2. The number of halogens is 3. The molecule has 2 fully saturated rings. The molecule has 0 aliphatic carbocycles. The maximum Gasteiger partial charge on any atom is 0.353 e. The molecule has 196 valence electrons. The van der Waals surface area contributed by atoms with Crippen LogP contribution in [0.3, 0.4) is 0 Å². The van der Waals surface area contributed by atoms with Crippen LogP contribution in [0.15, 0.2) is 22.7 Å². The number of likely N-dealkylation sites (tertiary alicyclic amines) is 1. The third-order valence-corrected chi connectivity index (χ3v) is 8.66. The Labute approximate surface area is 210 Å². The fourth-order valence-corrected chi connectivity index (χ4v) is 7.02. The Morgan fingerprint density at radius 1 is 1.22 bits per heavy atom. The average Bonchev–Trinajstić information content (AvgIpc) is 3.27. The van der Waals surface area contributed by atoms with Crippen LogP contribution in [-0.2, 0) is 20.9 Å². The molecular formula is C24H28F3N3O5S. The van der Waals surface area contributed by atoms with Crippen LogP contribution in [0.2, 0.25) is 0 Å². The number of aliphatic carboxylic acids is 1. The Hall–Kier alpha value is -2.57. The molecule has 0 aromatic heterocycles. The van der Waals surface area contributed by atoms with E-state index in [0.29, 0.717) is 17.0 Å². The molecule has 36 heavy (non-hydrogen) atoms. The first-order valence-electron chi connectivity index (χ1n) is 11.6. The van der Waals surface area contributed by atoms with Gasteiger partial charge < -0.3 is 20.0 Å². The van der Waals surface area contributed by atoms with Gasteiger partial charge in [-0.1, -0.05) is 6.92 Å². The van der Waals surface area contributed by atoms with E-state index in [9.17, 15) is 37.8 Å². The summed E-state index contributed by atoms with van der Waals surface area (Å²) in [7, 11) is 3.13. The van der Waals surface area contributed by atoms with Crippen LogP contribution in [0.25, 0.3) is 0 Å². The van der Waals surface area contributed by atoms with Crippen molar-refractivity contribution in [3.05, 3.63) is 45.8 Å². The molecule has 4 rings (SSSR count). The SMILES string of the molecule is C[C@@H](O)[C@H]1C(=O)N2C(C(=O)O)=C(S[C@H]3C[C@@H](C(=O)N(C)C)N(Cc4c(F)cc(F)cc4F)C3)[C@H](C)[C@H]12. The molecule has 1 aromatic carbocycles. The van der Waals surface area contributed by atoms with E-state index in [0.717, 1.165) is 0 Å². The van der Waals surface area contributed by atoms with Crippen molar-refractivity contribution in [1.29, 1.82) is 0 Å². The fraction of sp³-hybridized carbons (Fsp3) is 0.542. The van der Waals surface area contributed by atoms with Crippen molar-refractivity contribution in [2.24, 2.45) is 11.8 Å². The molecule has 6 atom stereocenters. The van der Waals surface area contributed by atoms with Gasteiger partial charge in [0, 0.05) is 61.0 Å². The number of carboxylic acid groups (broad SMARTS) is 1. The zero-order valence-corrected chi connectivity index (χ0v) is 21.1. The average molecular weight is 528 g/mol.